The highest BCUT2D eigenvalue weighted by Gasteiger charge is 2.39. The fraction of sp³-hybridized carbons (Fsp3) is 0.474. The maximum Gasteiger partial charge on any atom is 0.0871 e. The van der Waals surface area contributed by atoms with Gasteiger partial charge < -0.3 is 0 Å². The second kappa shape index (κ2) is 5.03. The first-order chi connectivity index (χ1) is 9.50. The van der Waals surface area contributed by atoms with E-state index < -0.39 is 8.07 Å². The largest absolute Gasteiger partial charge is 0.0871 e. The minimum absolute atomic E-state index is 0.708. The molecular weight excluding hydrogens is 256 g/mol. The molecule has 0 radical (unpaired) electrons. The summed E-state index contributed by atoms with van der Waals surface area (Å²) in [4.78, 5) is 0. The van der Waals surface area contributed by atoms with E-state index in [-0.39, 0.29) is 0 Å². The highest BCUT2D eigenvalue weighted by atomic mass is 28.3. The van der Waals surface area contributed by atoms with E-state index in [0.29, 0.717) is 5.54 Å². The van der Waals surface area contributed by atoms with Gasteiger partial charge in [-0.05, 0) is 23.8 Å². The van der Waals surface area contributed by atoms with Crippen LogP contribution in [0.3, 0.4) is 0 Å². The van der Waals surface area contributed by atoms with Gasteiger partial charge in [0.15, 0.2) is 0 Å². The van der Waals surface area contributed by atoms with Gasteiger partial charge in [0.2, 0.25) is 0 Å². The predicted molar refractivity (Wildman–Crippen MR) is 91.0 cm³/mol. The van der Waals surface area contributed by atoms with Crippen LogP contribution in [0, 0.1) is 17.8 Å². The average Bonchev–Trinajstić information content (AvgIpc) is 2.94. The summed E-state index contributed by atoms with van der Waals surface area (Å²) in [5.41, 5.74) is 2.42. The molecule has 0 spiro atoms. The van der Waals surface area contributed by atoms with Gasteiger partial charge in [-0.3, -0.25) is 0 Å². The Morgan fingerprint density at radius 3 is 2.40 bits per heavy atom. The van der Waals surface area contributed by atoms with Crippen molar-refractivity contribution in [3.8, 4) is 0 Å². The van der Waals surface area contributed by atoms with E-state index in [1.165, 1.54) is 6.42 Å². The number of hydrogen-bond acceptors (Lipinski definition) is 0. The molecule has 0 heterocycles. The van der Waals surface area contributed by atoms with Crippen molar-refractivity contribution in [3.05, 3.63) is 54.1 Å². The topological polar surface area (TPSA) is 0 Å². The summed E-state index contributed by atoms with van der Waals surface area (Å²) in [5.74, 6) is 2.40. The fourth-order valence-electron chi connectivity index (χ4n) is 3.84. The summed E-state index contributed by atoms with van der Waals surface area (Å²) >= 11 is 0. The first-order valence-corrected chi connectivity index (χ1v) is 11.0. The lowest BCUT2D eigenvalue weighted by atomic mass is 9.97. The van der Waals surface area contributed by atoms with E-state index in [1.807, 2.05) is 0 Å². The minimum Gasteiger partial charge on any atom is -0.0842 e. The third kappa shape index (κ3) is 2.22. The van der Waals surface area contributed by atoms with Gasteiger partial charge >= 0.3 is 0 Å². The fourth-order valence-corrected chi connectivity index (χ4v) is 6.05. The first kappa shape index (κ1) is 13.9. The Hall–Kier alpha value is -1.08. The molecular formula is C19H26Si. The molecule has 0 aliphatic heterocycles. The van der Waals surface area contributed by atoms with Crippen LogP contribution in [0.15, 0.2) is 54.1 Å². The first-order valence-electron chi connectivity index (χ1n) is 7.94. The van der Waals surface area contributed by atoms with Crippen molar-refractivity contribution in [1.82, 2.24) is 0 Å². The molecule has 1 saturated carbocycles. The van der Waals surface area contributed by atoms with E-state index in [2.05, 4.69) is 75.5 Å². The van der Waals surface area contributed by atoms with Crippen LogP contribution >= 0.6 is 0 Å². The molecule has 2 bridgehead atoms. The van der Waals surface area contributed by atoms with Crippen molar-refractivity contribution in [1.29, 1.82) is 0 Å². The molecule has 20 heavy (non-hydrogen) atoms. The molecule has 0 N–H and O–H groups in total. The van der Waals surface area contributed by atoms with Crippen molar-refractivity contribution < 1.29 is 0 Å². The Kier molecular flexibility index (Phi) is 3.49. The number of hydrogen-bond donors (Lipinski definition) is 0. The highest BCUT2D eigenvalue weighted by molar-refractivity contribution is 6.91. The zero-order chi connectivity index (χ0) is 14.3. The van der Waals surface area contributed by atoms with E-state index in [9.17, 15) is 0 Å². The summed E-state index contributed by atoms with van der Waals surface area (Å²) in [5, 5.41) is 1.58. The minimum atomic E-state index is -1.40. The SMILES string of the molecule is C[C@@H]1[C@@H]2C=C[C@H]1/C(=C/[C@@H](C)[Si](C)(C)c1ccccc1)C2. The lowest BCUT2D eigenvalue weighted by Crippen LogP contribution is -2.44. The molecule has 106 valence electrons. The normalized spacial score (nSPS) is 32.0. The smallest absolute Gasteiger partial charge is 0.0842 e. The van der Waals surface area contributed by atoms with Gasteiger partial charge in [-0.15, -0.1) is 0 Å². The maximum atomic E-state index is 2.63. The summed E-state index contributed by atoms with van der Waals surface area (Å²) < 4.78 is 0. The van der Waals surface area contributed by atoms with Crippen LogP contribution in [0.4, 0.5) is 0 Å². The average molecular weight is 283 g/mol. The molecule has 3 rings (SSSR count). The number of fused-ring (bicyclic) bond motifs is 2. The summed E-state index contributed by atoms with van der Waals surface area (Å²) in [6, 6.07) is 11.1. The summed E-state index contributed by atoms with van der Waals surface area (Å²) in [7, 11) is -1.40. The lowest BCUT2D eigenvalue weighted by Gasteiger charge is -2.29. The van der Waals surface area contributed by atoms with Crippen LogP contribution in [-0.4, -0.2) is 8.07 Å². The van der Waals surface area contributed by atoms with Crippen LogP contribution in [0.5, 0.6) is 0 Å². The molecule has 1 heteroatoms. The van der Waals surface area contributed by atoms with Crippen LogP contribution in [0.25, 0.3) is 0 Å². The second-order valence-electron chi connectivity index (χ2n) is 7.26. The zero-order valence-electron chi connectivity index (χ0n) is 13.1. The van der Waals surface area contributed by atoms with Crippen LogP contribution < -0.4 is 5.19 Å². The van der Waals surface area contributed by atoms with Crippen molar-refractivity contribution >= 4 is 13.3 Å². The molecule has 1 fully saturated rings. The maximum absolute atomic E-state index is 2.63. The third-order valence-corrected chi connectivity index (χ3v) is 10.1. The molecule has 1 aromatic rings. The monoisotopic (exact) mass is 282 g/mol. The van der Waals surface area contributed by atoms with Gasteiger partial charge in [-0.1, -0.05) is 86.3 Å². The van der Waals surface area contributed by atoms with E-state index in [1.54, 1.807) is 10.8 Å². The quantitative estimate of drug-likeness (QED) is 0.554. The Morgan fingerprint density at radius 2 is 1.85 bits per heavy atom. The van der Waals surface area contributed by atoms with Gasteiger partial charge in [0, 0.05) is 5.92 Å². The van der Waals surface area contributed by atoms with Crippen molar-refractivity contribution in [3.63, 3.8) is 0 Å². The standard InChI is InChI=1S/C19H26Si/c1-14(20(3,4)18-8-6-5-7-9-18)12-17-13-16-10-11-19(17)15(16)2/h5-12,14-16,19H,13H2,1-4H3/b17-12+/t14-,15-,16-,19-/m1/s1. The van der Waals surface area contributed by atoms with Crippen LogP contribution in [0.2, 0.25) is 18.6 Å². The molecule has 0 nitrogen and oxygen atoms in total. The number of allylic oxidation sites excluding steroid dienone is 4. The second-order valence-corrected chi connectivity index (χ2v) is 12.2. The van der Waals surface area contributed by atoms with E-state index >= 15 is 0 Å². The highest BCUT2D eigenvalue weighted by Crippen LogP contribution is 2.48. The molecule has 4 atom stereocenters. The Morgan fingerprint density at radius 1 is 1.15 bits per heavy atom. The van der Waals surface area contributed by atoms with Gasteiger partial charge in [0.05, 0.1) is 8.07 Å². The summed E-state index contributed by atoms with van der Waals surface area (Å²) in [6.45, 7) is 9.88. The van der Waals surface area contributed by atoms with E-state index in [0.717, 1.165) is 17.8 Å². The zero-order valence-corrected chi connectivity index (χ0v) is 14.1. The van der Waals surface area contributed by atoms with Crippen molar-refractivity contribution in [2.45, 2.75) is 38.9 Å². The molecule has 0 amide bonds. The Labute approximate surface area is 124 Å². The molecule has 0 aromatic heterocycles. The van der Waals surface area contributed by atoms with Crippen molar-refractivity contribution in [2.75, 3.05) is 0 Å². The molecule has 0 unspecified atom stereocenters. The molecule has 1 aromatic carbocycles. The van der Waals surface area contributed by atoms with Crippen LogP contribution in [-0.2, 0) is 0 Å². The van der Waals surface area contributed by atoms with Gasteiger partial charge in [0.25, 0.3) is 0 Å². The summed E-state index contributed by atoms with van der Waals surface area (Å²) in [6.07, 6.45) is 8.83. The Bertz CT molecular complexity index is 538. The molecule has 2 aliphatic carbocycles. The Balaban J connectivity index is 1.83. The third-order valence-electron chi connectivity index (χ3n) is 5.83. The number of rotatable bonds is 3. The van der Waals surface area contributed by atoms with Crippen molar-refractivity contribution in [2.24, 2.45) is 17.8 Å². The van der Waals surface area contributed by atoms with Gasteiger partial charge in [-0.2, -0.15) is 0 Å². The number of benzene rings is 1. The predicted octanol–water partition coefficient (Wildman–Crippen LogP) is 4.76. The lowest BCUT2D eigenvalue weighted by molar-refractivity contribution is 0.482. The van der Waals surface area contributed by atoms with Gasteiger partial charge in [0.1, 0.15) is 0 Å². The van der Waals surface area contributed by atoms with Gasteiger partial charge in [-0.25, -0.2) is 0 Å². The van der Waals surface area contributed by atoms with E-state index in [4.69, 9.17) is 0 Å². The molecule has 2 aliphatic rings. The molecule has 0 saturated heterocycles. The van der Waals surface area contributed by atoms with Crippen LogP contribution in [0.1, 0.15) is 20.3 Å².